The lowest BCUT2D eigenvalue weighted by molar-refractivity contribution is -0.399. The number of aliphatic hydroxyl groups is 12. The lowest BCUT2D eigenvalue weighted by Crippen LogP contribution is -2.68. The zero-order valence-electron chi connectivity index (χ0n) is 39.6. The van der Waals surface area contributed by atoms with Crippen molar-refractivity contribution in [2.75, 3.05) is 19.8 Å². The number of hydrogen-bond acceptors (Lipinski definition) is 18. The number of allylic oxidation sites excluding steroid dienone is 1. The van der Waals surface area contributed by atoms with E-state index in [9.17, 15) is 61.3 Å². The van der Waals surface area contributed by atoms with Gasteiger partial charge in [0.25, 0.3) is 0 Å². The Morgan fingerprint density at radius 2 is 1.09 bits per heavy atom. The Hall–Kier alpha value is -0.980. The van der Waals surface area contributed by atoms with Gasteiger partial charge in [-0.2, -0.15) is 0 Å². The third-order valence-electron chi connectivity index (χ3n) is 19.5. The van der Waals surface area contributed by atoms with Crippen LogP contribution in [0.2, 0.25) is 0 Å². The topological polar surface area (TPSA) is 298 Å². The fraction of sp³-hybridized carbons (Fsp3) is 0.958. The lowest BCUT2D eigenvalue weighted by atomic mass is 9.41. The first-order valence-corrected chi connectivity index (χ1v) is 24.5. The summed E-state index contributed by atoms with van der Waals surface area (Å²) in [6, 6.07) is 0. The maximum Gasteiger partial charge on any atom is 0.187 e. The Balaban J connectivity index is 1.05. The van der Waals surface area contributed by atoms with Crippen LogP contribution in [0.25, 0.3) is 0 Å². The molecule has 380 valence electrons. The van der Waals surface area contributed by atoms with E-state index in [1.807, 2.05) is 13.8 Å². The molecule has 3 saturated heterocycles. The van der Waals surface area contributed by atoms with E-state index in [0.717, 1.165) is 56.9 Å². The van der Waals surface area contributed by atoms with E-state index in [2.05, 4.69) is 34.6 Å². The molecule has 3 heterocycles. The third-order valence-corrected chi connectivity index (χ3v) is 19.5. The largest absolute Gasteiger partial charge is 0.394 e. The zero-order chi connectivity index (χ0) is 48.2. The van der Waals surface area contributed by atoms with E-state index in [1.165, 1.54) is 0 Å². The maximum absolute atomic E-state index is 11.7. The van der Waals surface area contributed by atoms with Gasteiger partial charge in [-0.1, -0.05) is 46.3 Å². The quantitative estimate of drug-likeness (QED) is 0.0825. The van der Waals surface area contributed by atoms with Crippen molar-refractivity contribution in [3.63, 3.8) is 0 Å². The minimum absolute atomic E-state index is 0.00320. The number of hydrogen-bond donors (Lipinski definition) is 12. The second-order valence-electron chi connectivity index (χ2n) is 23.0. The molecule has 18 heteroatoms. The van der Waals surface area contributed by atoms with E-state index in [-0.39, 0.29) is 39.4 Å². The molecule has 18 nitrogen and oxygen atoms in total. The van der Waals surface area contributed by atoms with Gasteiger partial charge in [0.05, 0.1) is 38.1 Å². The Bertz CT molecular complexity index is 1730. The monoisotopic (exact) mass is 945 g/mol. The first kappa shape index (κ1) is 51.4. The van der Waals surface area contributed by atoms with Crippen LogP contribution in [0.15, 0.2) is 11.6 Å². The van der Waals surface area contributed by atoms with Gasteiger partial charge in [0.1, 0.15) is 73.2 Å². The second kappa shape index (κ2) is 18.6. The molecule has 12 N–H and O–H groups in total. The molecule has 8 fully saturated rings. The molecule has 0 aromatic rings. The summed E-state index contributed by atoms with van der Waals surface area (Å²) < 4.78 is 37.1. The van der Waals surface area contributed by atoms with Crippen LogP contribution >= 0.6 is 0 Å². The average molecular weight is 945 g/mol. The van der Waals surface area contributed by atoms with Gasteiger partial charge in [-0.05, 0) is 122 Å². The van der Waals surface area contributed by atoms with Crippen LogP contribution in [0.5, 0.6) is 0 Å². The number of ether oxygens (including phenoxy) is 6. The van der Waals surface area contributed by atoms with Gasteiger partial charge < -0.3 is 89.7 Å². The number of fused-ring (bicyclic) bond motifs is 2. The minimum atomic E-state index is -1.89. The highest BCUT2D eigenvalue weighted by molar-refractivity contribution is 5.31. The van der Waals surface area contributed by atoms with Gasteiger partial charge in [-0.15, -0.1) is 0 Å². The Labute approximate surface area is 387 Å². The van der Waals surface area contributed by atoms with Crippen LogP contribution in [0.3, 0.4) is 0 Å². The normalized spacial score (nSPS) is 53.3. The third kappa shape index (κ3) is 7.91. The standard InChI is InChI=1S/C48H80O18/c1-21(2)16-24(52)31(53)22(3)23-10-12-46(7)29-9-8-28-44(4,5)30(11-13-47(28)20-48(29,47)15-14-45(23,46)6)64-43-40(66-42-38(60)36(58)33(55)26(18-50)62-42)39(34(56)27(19-51)63-43)65-41-37(59)35(57)32(54)25(17-49)61-41/h16,22-43,49-60H,8-15,17-20H2,1-7H3. The smallest absolute Gasteiger partial charge is 0.187 e. The average Bonchev–Trinajstić information content (AvgIpc) is 3.86. The molecule has 26 atom stereocenters. The molecule has 2 spiro atoms. The first-order valence-electron chi connectivity index (χ1n) is 24.5. The predicted molar refractivity (Wildman–Crippen MR) is 231 cm³/mol. The summed E-state index contributed by atoms with van der Waals surface area (Å²) in [7, 11) is 0. The van der Waals surface area contributed by atoms with Gasteiger partial charge in [0.15, 0.2) is 18.9 Å². The maximum atomic E-state index is 11.7. The summed E-state index contributed by atoms with van der Waals surface area (Å²) in [6.45, 7) is 13.1. The molecule has 5 saturated carbocycles. The lowest BCUT2D eigenvalue weighted by Gasteiger charge is -2.64. The van der Waals surface area contributed by atoms with Gasteiger partial charge in [-0.3, -0.25) is 0 Å². The van der Waals surface area contributed by atoms with Gasteiger partial charge in [-0.25, -0.2) is 0 Å². The summed E-state index contributed by atoms with van der Waals surface area (Å²) in [5, 5.41) is 129. The summed E-state index contributed by atoms with van der Waals surface area (Å²) in [4.78, 5) is 0. The van der Waals surface area contributed by atoms with Crippen LogP contribution in [0.4, 0.5) is 0 Å². The molecule has 5 aliphatic carbocycles. The van der Waals surface area contributed by atoms with Crippen molar-refractivity contribution in [3.05, 3.63) is 11.6 Å². The fourth-order valence-corrected chi connectivity index (χ4v) is 15.7. The Morgan fingerprint density at radius 3 is 1.65 bits per heavy atom. The fourth-order valence-electron chi connectivity index (χ4n) is 15.7. The molecule has 0 radical (unpaired) electrons. The molecular weight excluding hydrogens is 865 g/mol. The molecule has 0 amide bonds. The van der Waals surface area contributed by atoms with Crippen molar-refractivity contribution in [3.8, 4) is 0 Å². The SMILES string of the molecule is CC(C)=CC(O)C(O)C(C)C1CCC2(C)C3CCC4C(C)(C)C(OC5OC(CO)C(O)C(OC6OC(CO)C(O)C(O)C6O)C5OC5OC(CO)C(O)C(O)C5O)CCC45CC35CCC12C. The molecule has 66 heavy (non-hydrogen) atoms. The van der Waals surface area contributed by atoms with E-state index < -0.39 is 136 Å². The predicted octanol–water partition coefficient (Wildman–Crippen LogP) is -0.417. The molecular formula is C48H80O18. The molecule has 3 aliphatic heterocycles. The van der Waals surface area contributed by atoms with Gasteiger partial charge in [0, 0.05) is 0 Å². The van der Waals surface area contributed by atoms with Crippen molar-refractivity contribution < 1.29 is 89.7 Å². The van der Waals surface area contributed by atoms with Crippen LogP contribution in [-0.2, 0) is 28.4 Å². The van der Waals surface area contributed by atoms with Crippen LogP contribution in [0.1, 0.15) is 106 Å². The molecule has 8 aliphatic rings. The van der Waals surface area contributed by atoms with Crippen molar-refractivity contribution >= 4 is 0 Å². The number of rotatable bonds is 13. The van der Waals surface area contributed by atoms with E-state index in [0.29, 0.717) is 12.3 Å². The van der Waals surface area contributed by atoms with Crippen molar-refractivity contribution in [1.29, 1.82) is 0 Å². The van der Waals surface area contributed by atoms with Crippen LogP contribution in [-0.4, -0.2) is 192 Å². The highest BCUT2D eigenvalue weighted by Crippen LogP contribution is 2.89. The first-order chi connectivity index (χ1) is 31.0. The van der Waals surface area contributed by atoms with Crippen molar-refractivity contribution in [1.82, 2.24) is 0 Å². The summed E-state index contributed by atoms with van der Waals surface area (Å²) in [5.74, 6) is 0.942. The summed E-state index contributed by atoms with van der Waals surface area (Å²) >= 11 is 0. The molecule has 8 rings (SSSR count). The second-order valence-corrected chi connectivity index (χ2v) is 23.0. The van der Waals surface area contributed by atoms with Crippen LogP contribution in [0, 0.1) is 50.7 Å². The minimum Gasteiger partial charge on any atom is -0.394 e. The van der Waals surface area contributed by atoms with E-state index in [4.69, 9.17) is 28.4 Å². The zero-order valence-corrected chi connectivity index (χ0v) is 39.6. The Kier molecular flexibility index (Phi) is 14.5. The van der Waals surface area contributed by atoms with E-state index >= 15 is 0 Å². The highest BCUT2D eigenvalue weighted by Gasteiger charge is 2.82. The Morgan fingerprint density at radius 1 is 0.576 bits per heavy atom. The molecule has 26 unspecified atom stereocenters. The van der Waals surface area contributed by atoms with Gasteiger partial charge >= 0.3 is 0 Å². The highest BCUT2D eigenvalue weighted by atomic mass is 16.8. The summed E-state index contributed by atoms with van der Waals surface area (Å²) in [5.41, 5.74) is 0.791. The molecule has 0 aromatic carbocycles. The molecule has 0 aromatic heterocycles. The van der Waals surface area contributed by atoms with Crippen molar-refractivity contribution in [2.24, 2.45) is 50.7 Å². The molecule has 0 bridgehead atoms. The van der Waals surface area contributed by atoms with Gasteiger partial charge in [0.2, 0.25) is 0 Å². The van der Waals surface area contributed by atoms with Crippen LogP contribution < -0.4 is 0 Å². The van der Waals surface area contributed by atoms with E-state index in [1.54, 1.807) is 6.08 Å². The number of aliphatic hydroxyl groups excluding tert-OH is 12. The summed E-state index contributed by atoms with van der Waals surface area (Å²) in [6.07, 6.45) is -16.5. The van der Waals surface area contributed by atoms with Crippen molar-refractivity contribution in [2.45, 2.75) is 217 Å².